The highest BCUT2D eigenvalue weighted by Crippen LogP contribution is 2.21. The Morgan fingerprint density at radius 1 is 1.09 bits per heavy atom. The number of halogens is 1. The summed E-state index contributed by atoms with van der Waals surface area (Å²) in [7, 11) is 0. The summed E-state index contributed by atoms with van der Waals surface area (Å²) in [5, 5.41) is 6.35. The third-order valence-corrected chi connectivity index (χ3v) is 4.55. The van der Waals surface area contributed by atoms with Gasteiger partial charge in [-0.3, -0.25) is 4.79 Å². The smallest absolute Gasteiger partial charge is 0.274 e. The third kappa shape index (κ3) is 4.55. The first-order valence-electron chi connectivity index (χ1n) is 8.00. The van der Waals surface area contributed by atoms with Crippen molar-refractivity contribution < 1.29 is 4.79 Å². The minimum atomic E-state index is -0.202. The van der Waals surface area contributed by atoms with Gasteiger partial charge >= 0.3 is 0 Å². The Hall–Kier alpha value is -1.88. The van der Waals surface area contributed by atoms with Crippen LogP contribution < -0.4 is 10.6 Å². The van der Waals surface area contributed by atoms with Gasteiger partial charge in [-0.25, -0.2) is 4.98 Å². The largest absolute Gasteiger partial charge is 0.381 e. The van der Waals surface area contributed by atoms with Crippen molar-refractivity contribution in [2.75, 3.05) is 10.6 Å². The molecule has 3 rings (SSSR count). The molecule has 1 aliphatic rings. The van der Waals surface area contributed by atoms with E-state index in [0.29, 0.717) is 11.7 Å². The van der Waals surface area contributed by atoms with Gasteiger partial charge in [0.1, 0.15) is 5.69 Å². The summed E-state index contributed by atoms with van der Waals surface area (Å²) in [6.45, 7) is 0. The standard InChI is InChI=1S/C18H20BrN3O/c19-13-5-4-8-15(11-13)22-18(23)17-10-9-16(12-20-17)21-14-6-2-1-3-7-14/h4-5,8-12,14,21H,1-3,6-7H2,(H,22,23). The van der Waals surface area contributed by atoms with Crippen LogP contribution in [0.15, 0.2) is 47.1 Å². The predicted octanol–water partition coefficient (Wildman–Crippen LogP) is 4.84. The van der Waals surface area contributed by atoms with Crippen molar-refractivity contribution in [2.24, 2.45) is 0 Å². The van der Waals surface area contributed by atoms with Gasteiger partial charge in [-0.2, -0.15) is 0 Å². The van der Waals surface area contributed by atoms with E-state index in [1.165, 1.54) is 32.1 Å². The lowest BCUT2D eigenvalue weighted by molar-refractivity contribution is 0.102. The summed E-state index contributed by atoms with van der Waals surface area (Å²) in [5.41, 5.74) is 2.14. The molecule has 0 bridgehead atoms. The molecule has 120 valence electrons. The van der Waals surface area contributed by atoms with Crippen molar-refractivity contribution in [1.82, 2.24) is 4.98 Å². The molecule has 0 unspecified atom stereocenters. The van der Waals surface area contributed by atoms with E-state index in [4.69, 9.17) is 0 Å². The fraction of sp³-hybridized carbons (Fsp3) is 0.333. The van der Waals surface area contributed by atoms with Crippen LogP contribution in [0.2, 0.25) is 0 Å². The number of pyridine rings is 1. The second kappa shape index (κ2) is 7.59. The maximum Gasteiger partial charge on any atom is 0.274 e. The maximum absolute atomic E-state index is 12.2. The molecule has 1 saturated carbocycles. The van der Waals surface area contributed by atoms with Crippen LogP contribution in [0.5, 0.6) is 0 Å². The van der Waals surface area contributed by atoms with E-state index in [1.807, 2.05) is 30.3 Å². The molecule has 5 heteroatoms. The van der Waals surface area contributed by atoms with Gasteiger partial charge in [0.05, 0.1) is 11.9 Å². The fourth-order valence-corrected chi connectivity index (χ4v) is 3.26. The normalized spacial score (nSPS) is 15.2. The minimum absolute atomic E-state index is 0.202. The number of rotatable bonds is 4. The topological polar surface area (TPSA) is 54.0 Å². The second-order valence-electron chi connectivity index (χ2n) is 5.88. The molecule has 1 heterocycles. The Morgan fingerprint density at radius 3 is 2.61 bits per heavy atom. The highest BCUT2D eigenvalue weighted by Gasteiger charge is 2.13. The maximum atomic E-state index is 12.2. The summed E-state index contributed by atoms with van der Waals surface area (Å²) >= 11 is 3.39. The predicted molar refractivity (Wildman–Crippen MR) is 96.8 cm³/mol. The number of nitrogens with one attached hydrogen (secondary N) is 2. The van der Waals surface area contributed by atoms with E-state index in [-0.39, 0.29) is 5.91 Å². The summed E-state index contributed by atoms with van der Waals surface area (Å²) in [5.74, 6) is -0.202. The Labute approximate surface area is 144 Å². The number of amides is 1. The quantitative estimate of drug-likeness (QED) is 0.805. The van der Waals surface area contributed by atoms with E-state index < -0.39 is 0 Å². The second-order valence-corrected chi connectivity index (χ2v) is 6.79. The third-order valence-electron chi connectivity index (χ3n) is 4.05. The van der Waals surface area contributed by atoms with Gasteiger partial charge in [0.15, 0.2) is 0 Å². The van der Waals surface area contributed by atoms with Crippen LogP contribution in [0.3, 0.4) is 0 Å². The van der Waals surface area contributed by atoms with Gasteiger partial charge in [-0.15, -0.1) is 0 Å². The molecule has 1 aromatic carbocycles. The number of aromatic nitrogens is 1. The summed E-state index contributed by atoms with van der Waals surface area (Å²) in [6.07, 6.45) is 8.09. The van der Waals surface area contributed by atoms with Gasteiger partial charge < -0.3 is 10.6 Å². The molecule has 1 amide bonds. The lowest BCUT2D eigenvalue weighted by atomic mass is 9.95. The molecule has 1 aliphatic carbocycles. The number of anilines is 2. The minimum Gasteiger partial charge on any atom is -0.381 e. The van der Waals surface area contributed by atoms with Crippen molar-refractivity contribution in [2.45, 2.75) is 38.1 Å². The van der Waals surface area contributed by atoms with Crippen molar-refractivity contribution in [1.29, 1.82) is 0 Å². The zero-order valence-corrected chi connectivity index (χ0v) is 14.5. The van der Waals surface area contributed by atoms with Crippen LogP contribution in [-0.4, -0.2) is 16.9 Å². The molecule has 0 spiro atoms. The van der Waals surface area contributed by atoms with Gasteiger partial charge in [-0.05, 0) is 43.2 Å². The van der Waals surface area contributed by atoms with E-state index >= 15 is 0 Å². The summed E-state index contributed by atoms with van der Waals surface area (Å²) in [6, 6.07) is 11.7. The van der Waals surface area contributed by atoms with Crippen molar-refractivity contribution in [3.05, 3.63) is 52.8 Å². The molecular formula is C18H20BrN3O. The molecule has 2 N–H and O–H groups in total. The molecule has 0 atom stereocenters. The number of carbonyl (C=O) groups is 1. The van der Waals surface area contributed by atoms with Crippen LogP contribution in [0.4, 0.5) is 11.4 Å². The molecule has 4 nitrogen and oxygen atoms in total. The lowest BCUT2D eigenvalue weighted by Crippen LogP contribution is -2.22. The zero-order valence-electron chi connectivity index (χ0n) is 12.9. The van der Waals surface area contributed by atoms with Crippen LogP contribution in [0, 0.1) is 0 Å². The SMILES string of the molecule is O=C(Nc1cccc(Br)c1)c1ccc(NC2CCCCC2)cn1. The van der Waals surface area contributed by atoms with Crippen molar-refractivity contribution >= 4 is 33.2 Å². The zero-order chi connectivity index (χ0) is 16.1. The lowest BCUT2D eigenvalue weighted by Gasteiger charge is -2.23. The number of hydrogen-bond acceptors (Lipinski definition) is 3. The van der Waals surface area contributed by atoms with Gasteiger partial charge in [0.2, 0.25) is 0 Å². The first-order chi connectivity index (χ1) is 11.2. The van der Waals surface area contributed by atoms with E-state index in [1.54, 1.807) is 12.3 Å². The Balaban J connectivity index is 1.60. The number of carbonyl (C=O) groups excluding carboxylic acids is 1. The molecule has 0 radical (unpaired) electrons. The van der Waals surface area contributed by atoms with E-state index in [0.717, 1.165) is 15.8 Å². The fourth-order valence-electron chi connectivity index (χ4n) is 2.86. The highest BCUT2D eigenvalue weighted by molar-refractivity contribution is 9.10. The monoisotopic (exact) mass is 373 g/mol. The Kier molecular flexibility index (Phi) is 5.28. The van der Waals surface area contributed by atoms with E-state index in [9.17, 15) is 4.79 Å². The number of nitrogens with zero attached hydrogens (tertiary/aromatic N) is 1. The number of benzene rings is 1. The van der Waals surface area contributed by atoms with Gasteiger partial charge in [0.25, 0.3) is 5.91 Å². The summed E-state index contributed by atoms with van der Waals surface area (Å²) < 4.78 is 0.926. The number of hydrogen-bond donors (Lipinski definition) is 2. The van der Waals surface area contributed by atoms with E-state index in [2.05, 4.69) is 31.5 Å². The van der Waals surface area contributed by atoms with Gasteiger partial charge in [-0.1, -0.05) is 41.3 Å². The average molecular weight is 374 g/mol. The Bertz CT molecular complexity index is 666. The van der Waals surface area contributed by atoms with Crippen LogP contribution in [0.1, 0.15) is 42.6 Å². The molecule has 23 heavy (non-hydrogen) atoms. The first-order valence-corrected chi connectivity index (χ1v) is 8.79. The molecule has 0 aliphatic heterocycles. The van der Waals surface area contributed by atoms with Crippen LogP contribution in [0.25, 0.3) is 0 Å². The van der Waals surface area contributed by atoms with Crippen LogP contribution in [-0.2, 0) is 0 Å². The van der Waals surface area contributed by atoms with Crippen molar-refractivity contribution in [3.63, 3.8) is 0 Å². The van der Waals surface area contributed by atoms with Gasteiger partial charge in [0, 0.05) is 16.2 Å². The average Bonchev–Trinajstić information content (AvgIpc) is 2.56. The first kappa shape index (κ1) is 16.0. The molecule has 1 fully saturated rings. The molecule has 0 saturated heterocycles. The Morgan fingerprint density at radius 2 is 1.91 bits per heavy atom. The molecule has 1 aromatic heterocycles. The summed E-state index contributed by atoms with van der Waals surface area (Å²) in [4.78, 5) is 16.5. The molecule has 2 aromatic rings. The van der Waals surface area contributed by atoms with Crippen LogP contribution >= 0.6 is 15.9 Å². The molecular weight excluding hydrogens is 354 g/mol. The highest BCUT2D eigenvalue weighted by atomic mass is 79.9. The van der Waals surface area contributed by atoms with Crippen molar-refractivity contribution in [3.8, 4) is 0 Å².